The maximum absolute atomic E-state index is 12.4. The van der Waals surface area contributed by atoms with Crippen molar-refractivity contribution in [2.45, 2.75) is 13.3 Å². The summed E-state index contributed by atoms with van der Waals surface area (Å²) in [5.41, 5.74) is 0.605. The average Bonchev–Trinajstić information content (AvgIpc) is 2.54. The van der Waals surface area contributed by atoms with Crippen molar-refractivity contribution in [3.05, 3.63) is 60.2 Å². The van der Waals surface area contributed by atoms with Crippen LogP contribution in [0.2, 0.25) is 0 Å². The van der Waals surface area contributed by atoms with Crippen LogP contribution in [0.4, 0.5) is 18.9 Å². The van der Waals surface area contributed by atoms with Gasteiger partial charge < -0.3 is 14.8 Å². The Labute approximate surface area is 147 Å². The van der Waals surface area contributed by atoms with Crippen molar-refractivity contribution in [3.63, 3.8) is 0 Å². The molecule has 0 aliphatic rings. The van der Waals surface area contributed by atoms with E-state index in [4.69, 9.17) is 4.74 Å². The van der Waals surface area contributed by atoms with Gasteiger partial charge in [0.1, 0.15) is 11.5 Å². The van der Waals surface area contributed by atoms with Crippen molar-refractivity contribution >= 4 is 23.6 Å². The highest BCUT2D eigenvalue weighted by Gasteiger charge is 2.31. The van der Waals surface area contributed by atoms with Gasteiger partial charge in [-0.2, -0.15) is 0 Å². The Balaban J connectivity index is 2.03. The average molecular weight is 365 g/mol. The molecular weight excluding hydrogens is 351 g/mol. The van der Waals surface area contributed by atoms with Crippen LogP contribution in [0.25, 0.3) is 6.08 Å². The Kier molecular flexibility index (Phi) is 6.00. The molecule has 0 aliphatic heterocycles. The molecule has 2 aromatic rings. The predicted octanol–water partition coefficient (Wildman–Crippen LogP) is 4.16. The van der Waals surface area contributed by atoms with Crippen molar-refractivity contribution in [3.8, 4) is 11.5 Å². The van der Waals surface area contributed by atoms with Gasteiger partial charge in [0, 0.05) is 24.3 Å². The van der Waals surface area contributed by atoms with Gasteiger partial charge >= 0.3 is 12.3 Å². The molecule has 0 bridgehead atoms. The number of anilines is 1. The predicted molar refractivity (Wildman–Crippen MR) is 88.5 cm³/mol. The van der Waals surface area contributed by atoms with Gasteiger partial charge in [0.2, 0.25) is 5.91 Å². The normalized spacial score (nSPS) is 11.2. The lowest BCUT2D eigenvalue weighted by Gasteiger charge is -2.10. The molecule has 0 fully saturated rings. The lowest BCUT2D eigenvalue weighted by atomic mass is 10.2. The van der Waals surface area contributed by atoms with Crippen LogP contribution < -0.4 is 14.8 Å². The van der Waals surface area contributed by atoms with Crippen LogP contribution in [-0.4, -0.2) is 18.2 Å². The molecule has 2 rings (SSSR count). The van der Waals surface area contributed by atoms with E-state index in [2.05, 4.69) is 10.1 Å². The quantitative estimate of drug-likeness (QED) is 0.491. The molecule has 2 aromatic carbocycles. The molecule has 0 unspecified atom stereocenters. The molecule has 0 aromatic heterocycles. The molecule has 0 atom stereocenters. The molecule has 26 heavy (non-hydrogen) atoms. The molecule has 0 radical (unpaired) electrons. The third kappa shape index (κ3) is 6.31. The number of hydrogen-bond donors (Lipinski definition) is 1. The van der Waals surface area contributed by atoms with Gasteiger partial charge in [-0.1, -0.05) is 18.2 Å². The number of carbonyl (C=O) groups excluding carboxylic acids is 2. The van der Waals surface area contributed by atoms with Crippen molar-refractivity contribution in [1.29, 1.82) is 0 Å². The summed E-state index contributed by atoms with van der Waals surface area (Å²) in [5.74, 6) is -1.23. The van der Waals surface area contributed by atoms with Gasteiger partial charge in [-0.3, -0.25) is 4.79 Å². The van der Waals surface area contributed by atoms with Gasteiger partial charge in [-0.05, 0) is 36.4 Å². The molecule has 0 aliphatic carbocycles. The van der Waals surface area contributed by atoms with E-state index in [1.54, 1.807) is 12.1 Å². The Morgan fingerprint density at radius 2 is 1.69 bits per heavy atom. The Morgan fingerprint density at radius 1 is 1.04 bits per heavy atom. The lowest BCUT2D eigenvalue weighted by Crippen LogP contribution is -2.17. The highest BCUT2D eigenvalue weighted by atomic mass is 19.4. The zero-order valence-electron chi connectivity index (χ0n) is 13.5. The van der Waals surface area contributed by atoms with E-state index < -0.39 is 18.1 Å². The Hall–Kier alpha value is -3.29. The van der Waals surface area contributed by atoms with Crippen LogP contribution in [0.15, 0.2) is 54.6 Å². The third-order valence-corrected chi connectivity index (χ3v) is 2.94. The van der Waals surface area contributed by atoms with Gasteiger partial charge in [0.05, 0.1) is 0 Å². The van der Waals surface area contributed by atoms with Crippen LogP contribution in [0.5, 0.6) is 11.5 Å². The number of hydrogen-bond acceptors (Lipinski definition) is 4. The number of benzene rings is 2. The molecule has 5 nitrogen and oxygen atoms in total. The summed E-state index contributed by atoms with van der Waals surface area (Å²) < 4.78 is 46.0. The van der Waals surface area contributed by atoms with E-state index in [9.17, 15) is 22.8 Å². The number of halogens is 3. The minimum absolute atomic E-state index is 0.0720. The fourth-order valence-electron chi connectivity index (χ4n) is 1.95. The molecule has 0 heterocycles. The fourth-order valence-corrected chi connectivity index (χ4v) is 1.95. The van der Waals surface area contributed by atoms with Crippen LogP contribution >= 0.6 is 0 Å². The highest BCUT2D eigenvalue weighted by Crippen LogP contribution is 2.27. The summed E-state index contributed by atoms with van der Waals surface area (Å²) in [6.45, 7) is 1.36. The zero-order valence-corrected chi connectivity index (χ0v) is 13.5. The van der Waals surface area contributed by atoms with E-state index >= 15 is 0 Å². The molecule has 0 saturated carbocycles. The SMILES string of the molecule is CC(=O)Nc1ccc(OC(=O)/C=C/c2ccccc2OC(F)(F)F)cc1. The van der Waals surface area contributed by atoms with Crippen molar-refractivity contribution in [2.24, 2.45) is 0 Å². The van der Waals surface area contributed by atoms with Crippen molar-refractivity contribution in [2.75, 3.05) is 5.32 Å². The van der Waals surface area contributed by atoms with E-state index in [0.29, 0.717) is 5.69 Å². The van der Waals surface area contributed by atoms with Crippen molar-refractivity contribution < 1.29 is 32.2 Å². The largest absolute Gasteiger partial charge is 0.573 e. The maximum atomic E-state index is 12.4. The fraction of sp³-hybridized carbons (Fsp3) is 0.111. The number of ether oxygens (including phenoxy) is 2. The van der Waals surface area contributed by atoms with Gasteiger partial charge in [-0.25, -0.2) is 4.79 Å². The smallest absolute Gasteiger partial charge is 0.423 e. The van der Waals surface area contributed by atoms with Gasteiger partial charge in [0.25, 0.3) is 0 Å². The number of amides is 1. The highest BCUT2D eigenvalue weighted by molar-refractivity contribution is 5.90. The maximum Gasteiger partial charge on any atom is 0.573 e. The number of alkyl halides is 3. The standard InChI is InChI=1S/C18H14F3NO4/c1-12(23)22-14-7-9-15(10-8-14)25-17(24)11-6-13-4-2-3-5-16(13)26-18(19,20)21/h2-11H,1H3,(H,22,23)/b11-6+. The van der Waals surface area contributed by atoms with Crippen LogP contribution in [0.1, 0.15) is 12.5 Å². The third-order valence-electron chi connectivity index (χ3n) is 2.94. The molecule has 0 saturated heterocycles. The summed E-state index contributed by atoms with van der Waals surface area (Å²) in [5, 5.41) is 2.56. The lowest BCUT2D eigenvalue weighted by molar-refractivity contribution is -0.274. The monoisotopic (exact) mass is 365 g/mol. The minimum atomic E-state index is -4.83. The summed E-state index contributed by atoms with van der Waals surface area (Å²) in [6, 6.07) is 11.4. The molecule has 1 N–H and O–H groups in total. The first-order chi connectivity index (χ1) is 12.2. The summed E-state index contributed by atoms with van der Waals surface area (Å²) >= 11 is 0. The van der Waals surface area contributed by atoms with Gasteiger partial charge in [-0.15, -0.1) is 13.2 Å². The van der Waals surface area contributed by atoms with Crippen LogP contribution in [0.3, 0.4) is 0 Å². The van der Waals surface area contributed by atoms with Gasteiger partial charge in [0.15, 0.2) is 0 Å². The second-order valence-electron chi connectivity index (χ2n) is 5.05. The van der Waals surface area contributed by atoms with E-state index in [-0.39, 0.29) is 17.2 Å². The molecule has 136 valence electrons. The Morgan fingerprint density at radius 3 is 2.31 bits per heavy atom. The summed E-state index contributed by atoms with van der Waals surface area (Å²) in [4.78, 5) is 22.7. The molecule has 0 spiro atoms. The summed E-state index contributed by atoms with van der Waals surface area (Å²) in [6.07, 6.45) is -2.69. The first-order valence-corrected chi connectivity index (χ1v) is 7.35. The topological polar surface area (TPSA) is 64.6 Å². The first kappa shape index (κ1) is 19.0. The van der Waals surface area contributed by atoms with E-state index in [1.807, 2.05) is 0 Å². The Bertz CT molecular complexity index is 814. The zero-order chi connectivity index (χ0) is 19.2. The molecular formula is C18H14F3NO4. The number of carbonyl (C=O) groups is 2. The minimum Gasteiger partial charge on any atom is -0.423 e. The number of nitrogens with one attached hydrogen (secondary N) is 1. The molecule has 1 amide bonds. The van der Waals surface area contributed by atoms with Crippen LogP contribution in [0, 0.1) is 0 Å². The number of esters is 1. The molecule has 8 heteroatoms. The van der Waals surface area contributed by atoms with Crippen molar-refractivity contribution in [1.82, 2.24) is 0 Å². The summed E-state index contributed by atoms with van der Waals surface area (Å²) in [7, 11) is 0. The van der Waals surface area contributed by atoms with Crippen LogP contribution in [-0.2, 0) is 9.59 Å². The second-order valence-corrected chi connectivity index (χ2v) is 5.05. The second kappa shape index (κ2) is 8.19. The number of rotatable bonds is 5. The van der Waals surface area contributed by atoms with E-state index in [0.717, 1.165) is 18.2 Å². The first-order valence-electron chi connectivity index (χ1n) is 7.35. The number of para-hydroxylation sites is 1. The van der Waals surface area contributed by atoms with E-state index in [1.165, 1.54) is 37.3 Å².